The Labute approximate surface area is 149 Å². The van der Waals surface area contributed by atoms with Crippen LogP contribution in [0.1, 0.15) is 19.3 Å². The molecule has 0 radical (unpaired) electrons. The van der Waals surface area contributed by atoms with Gasteiger partial charge in [-0.2, -0.15) is 4.31 Å². The maximum atomic E-state index is 12.9. The second-order valence-corrected chi connectivity index (χ2v) is 8.48. The summed E-state index contributed by atoms with van der Waals surface area (Å²) in [6, 6.07) is 4.49. The van der Waals surface area contributed by atoms with Crippen LogP contribution in [0.4, 0.5) is 5.69 Å². The molecule has 0 aliphatic carbocycles. The van der Waals surface area contributed by atoms with E-state index < -0.39 is 14.9 Å². The minimum Gasteiger partial charge on any atom is -0.310 e. The zero-order chi connectivity index (χ0) is 15.9. The summed E-state index contributed by atoms with van der Waals surface area (Å²) in [6.45, 7) is 0.753. The van der Waals surface area contributed by atoms with Gasteiger partial charge in [-0.05, 0) is 31.4 Å². The van der Waals surface area contributed by atoms with Gasteiger partial charge in [0.2, 0.25) is 10.0 Å². The van der Waals surface area contributed by atoms with Gasteiger partial charge in [-0.1, -0.05) is 15.9 Å². The van der Waals surface area contributed by atoms with E-state index in [2.05, 4.69) is 21.2 Å². The van der Waals surface area contributed by atoms with Crippen LogP contribution in [-0.2, 0) is 10.0 Å². The molecule has 0 aromatic heterocycles. The van der Waals surface area contributed by atoms with Crippen molar-refractivity contribution in [3.05, 3.63) is 32.8 Å². The zero-order valence-corrected chi connectivity index (χ0v) is 15.4. The Kier molecular flexibility index (Phi) is 5.68. The number of nitrogens with one attached hydrogen (secondary N) is 1. The Morgan fingerprint density at radius 2 is 1.96 bits per heavy atom. The molecule has 2 aliphatic rings. The first kappa shape index (κ1) is 18.6. The molecule has 128 valence electrons. The minimum atomic E-state index is -3.88. The van der Waals surface area contributed by atoms with E-state index in [1.807, 2.05) is 0 Å². The van der Waals surface area contributed by atoms with Gasteiger partial charge in [0.1, 0.15) is 0 Å². The summed E-state index contributed by atoms with van der Waals surface area (Å²) in [5.41, 5.74) is -0.384. The number of halogens is 2. The van der Waals surface area contributed by atoms with E-state index >= 15 is 0 Å². The van der Waals surface area contributed by atoms with Gasteiger partial charge in [-0.25, -0.2) is 8.42 Å². The number of hydrogen-bond acceptors (Lipinski definition) is 5. The highest BCUT2D eigenvalue weighted by molar-refractivity contribution is 9.10. The molecular formula is C13H17BrClN3O4S. The van der Waals surface area contributed by atoms with Crippen LogP contribution in [-0.4, -0.2) is 42.8 Å². The molecule has 0 spiro atoms. The van der Waals surface area contributed by atoms with Crippen molar-refractivity contribution in [3.8, 4) is 0 Å². The van der Waals surface area contributed by atoms with Crippen LogP contribution in [0.5, 0.6) is 0 Å². The van der Waals surface area contributed by atoms with Crippen LogP contribution < -0.4 is 5.32 Å². The average Bonchev–Trinajstić information content (AvgIpc) is 2.77. The fourth-order valence-corrected chi connectivity index (χ4v) is 5.31. The molecule has 2 fully saturated rings. The van der Waals surface area contributed by atoms with Gasteiger partial charge in [0.25, 0.3) is 5.69 Å². The second-order valence-electron chi connectivity index (χ2n) is 5.66. The molecule has 2 unspecified atom stereocenters. The van der Waals surface area contributed by atoms with E-state index in [1.54, 1.807) is 0 Å². The van der Waals surface area contributed by atoms with E-state index in [0.29, 0.717) is 23.6 Å². The smallest absolute Gasteiger partial charge is 0.289 e. The maximum Gasteiger partial charge on any atom is 0.289 e. The number of hydrogen-bond donors (Lipinski definition) is 1. The number of nitrogens with zero attached hydrogens (tertiary/aromatic N) is 2. The van der Waals surface area contributed by atoms with Crippen molar-refractivity contribution < 1.29 is 13.3 Å². The summed E-state index contributed by atoms with van der Waals surface area (Å²) in [6.07, 6.45) is 2.74. The van der Waals surface area contributed by atoms with E-state index in [9.17, 15) is 18.5 Å². The highest BCUT2D eigenvalue weighted by Crippen LogP contribution is 2.31. The van der Waals surface area contributed by atoms with Crippen molar-refractivity contribution in [1.82, 2.24) is 9.62 Å². The van der Waals surface area contributed by atoms with Gasteiger partial charge in [0.05, 0.1) is 4.92 Å². The minimum absolute atomic E-state index is 0. The van der Waals surface area contributed by atoms with Crippen molar-refractivity contribution >= 4 is 44.0 Å². The van der Waals surface area contributed by atoms with Crippen LogP contribution in [0.15, 0.2) is 27.6 Å². The normalized spacial score (nSPS) is 24.7. The number of benzene rings is 1. The van der Waals surface area contributed by atoms with Crippen molar-refractivity contribution in [1.29, 1.82) is 0 Å². The summed E-state index contributed by atoms with van der Waals surface area (Å²) in [5, 5.41) is 14.6. The standard InChI is InChI=1S/C13H16BrN3O4S.ClH/c14-9-1-4-12(17(18)19)13(7-9)22(20,21)16-6-5-10-2-3-11(8-16)15-10;/h1,4,7,10-11,15H,2-3,5-6,8H2;1H. The van der Waals surface area contributed by atoms with Gasteiger partial charge in [0, 0.05) is 35.7 Å². The fourth-order valence-electron chi connectivity index (χ4n) is 3.11. The van der Waals surface area contributed by atoms with Crippen LogP contribution >= 0.6 is 28.3 Å². The van der Waals surface area contributed by atoms with Crippen LogP contribution in [0.25, 0.3) is 0 Å². The fraction of sp³-hybridized carbons (Fsp3) is 0.538. The first-order valence-electron chi connectivity index (χ1n) is 7.08. The van der Waals surface area contributed by atoms with Gasteiger partial charge in [-0.15, -0.1) is 12.4 Å². The third kappa shape index (κ3) is 3.69. The van der Waals surface area contributed by atoms with Crippen molar-refractivity contribution in [2.45, 2.75) is 36.2 Å². The van der Waals surface area contributed by atoms with E-state index in [-0.39, 0.29) is 29.0 Å². The van der Waals surface area contributed by atoms with E-state index in [1.165, 1.54) is 22.5 Å². The third-order valence-corrected chi connectivity index (χ3v) is 6.61. The lowest BCUT2D eigenvalue weighted by atomic mass is 10.1. The van der Waals surface area contributed by atoms with E-state index in [0.717, 1.165) is 19.3 Å². The molecular weight excluding hydrogens is 410 g/mol. The van der Waals surface area contributed by atoms with Crippen LogP contribution in [0, 0.1) is 10.1 Å². The number of nitro groups is 1. The zero-order valence-electron chi connectivity index (χ0n) is 12.1. The topological polar surface area (TPSA) is 92.5 Å². The lowest BCUT2D eigenvalue weighted by molar-refractivity contribution is -0.387. The molecule has 2 atom stereocenters. The highest BCUT2D eigenvalue weighted by atomic mass is 79.9. The maximum absolute atomic E-state index is 12.9. The first-order chi connectivity index (χ1) is 10.4. The summed E-state index contributed by atoms with van der Waals surface area (Å²) in [4.78, 5) is 10.3. The lowest BCUT2D eigenvalue weighted by Crippen LogP contribution is -2.39. The van der Waals surface area contributed by atoms with Crippen molar-refractivity contribution in [2.24, 2.45) is 0 Å². The highest BCUT2D eigenvalue weighted by Gasteiger charge is 2.37. The van der Waals surface area contributed by atoms with Gasteiger partial charge in [0.15, 0.2) is 4.90 Å². The van der Waals surface area contributed by atoms with Crippen molar-refractivity contribution in [2.75, 3.05) is 13.1 Å². The van der Waals surface area contributed by atoms with Crippen LogP contribution in [0.2, 0.25) is 0 Å². The molecule has 2 aliphatic heterocycles. The number of nitro benzene ring substituents is 1. The third-order valence-electron chi connectivity index (χ3n) is 4.22. The van der Waals surface area contributed by atoms with Gasteiger partial charge < -0.3 is 5.32 Å². The molecule has 2 bridgehead atoms. The van der Waals surface area contributed by atoms with Crippen molar-refractivity contribution in [3.63, 3.8) is 0 Å². The van der Waals surface area contributed by atoms with E-state index in [4.69, 9.17) is 0 Å². The Hall–Kier alpha value is -0.740. The van der Waals surface area contributed by atoms with Gasteiger partial charge >= 0.3 is 0 Å². The first-order valence-corrected chi connectivity index (χ1v) is 9.31. The lowest BCUT2D eigenvalue weighted by Gasteiger charge is -2.23. The largest absolute Gasteiger partial charge is 0.310 e. The summed E-state index contributed by atoms with van der Waals surface area (Å²) in [5.74, 6) is 0. The second kappa shape index (κ2) is 7.02. The predicted octanol–water partition coefficient (Wildman–Crippen LogP) is 2.29. The summed E-state index contributed by atoms with van der Waals surface area (Å²) in [7, 11) is -3.88. The molecule has 1 aromatic rings. The molecule has 1 N–H and O–H groups in total. The van der Waals surface area contributed by atoms with Crippen LogP contribution in [0.3, 0.4) is 0 Å². The summed E-state index contributed by atoms with van der Waals surface area (Å²) < 4.78 is 27.6. The molecule has 10 heteroatoms. The monoisotopic (exact) mass is 425 g/mol. The molecule has 2 saturated heterocycles. The molecule has 1 aromatic carbocycles. The summed E-state index contributed by atoms with van der Waals surface area (Å²) >= 11 is 3.19. The van der Waals surface area contributed by atoms with Gasteiger partial charge in [-0.3, -0.25) is 10.1 Å². The quantitative estimate of drug-likeness (QED) is 0.591. The Bertz CT molecular complexity index is 715. The SMILES string of the molecule is Cl.O=[N+]([O-])c1ccc(Br)cc1S(=O)(=O)N1CCC2CCC(C1)N2. The molecule has 0 saturated carbocycles. The molecule has 2 heterocycles. The number of rotatable bonds is 3. The predicted molar refractivity (Wildman–Crippen MR) is 91.4 cm³/mol. The molecule has 23 heavy (non-hydrogen) atoms. The molecule has 7 nitrogen and oxygen atoms in total. The molecule has 3 rings (SSSR count). The molecule has 0 amide bonds. The number of sulfonamides is 1. The Morgan fingerprint density at radius 1 is 1.26 bits per heavy atom. The number of fused-ring (bicyclic) bond motifs is 2. The Morgan fingerprint density at radius 3 is 2.65 bits per heavy atom. The Balaban J connectivity index is 0.00000192. The average molecular weight is 427 g/mol.